The topological polar surface area (TPSA) is 123 Å². The summed E-state index contributed by atoms with van der Waals surface area (Å²) in [5.41, 5.74) is 7.74. The third kappa shape index (κ3) is 5.86. The summed E-state index contributed by atoms with van der Waals surface area (Å²) in [5.74, 6) is 2.11. The zero-order valence-corrected chi connectivity index (χ0v) is 29.8. The third-order valence-corrected chi connectivity index (χ3v) is 11.0. The summed E-state index contributed by atoms with van der Waals surface area (Å²) in [7, 11) is 3.79. The lowest BCUT2D eigenvalue weighted by Crippen LogP contribution is -2.69. The molecule has 266 valence electrons. The second kappa shape index (κ2) is 13.9. The van der Waals surface area contributed by atoms with Crippen LogP contribution in [0.2, 0.25) is 0 Å². The predicted molar refractivity (Wildman–Crippen MR) is 189 cm³/mol. The Labute approximate surface area is 298 Å². The highest BCUT2D eigenvalue weighted by Crippen LogP contribution is 2.57. The Hall–Kier alpha value is -5.05. The van der Waals surface area contributed by atoms with E-state index in [0.29, 0.717) is 48.5 Å². The Bertz CT molecular complexity index is 1920. The van der Waals surface area contributed by atoms with Gasteiger partial charge in [0.25, 0.3) is 0 Å². The van der Waals surface area contributed by atoms with Gasteiger partial charge in [0.2, 0.25) is 12.7 Å². The van der Waals surface area contributed by atoms with E-state index in [1.807, 2.05) is 37.3 Å². The molecule has 4 heterocycles. The number of carbonyl (C=O) groups excluding carboxylic acids is 2. The summed E-state index contributed by atoms with van der Waals surface area (Å²) in [4.78, 5) is 31.1. The molecule has 11 nitrogen and oxygen atoms in total. The molecule has 0 saturated carbocycles. The van der Waals surface area contributed by atoms with Gasteiger partial charge in [-0.25, -0.2) is 4.79 Å². The maximum Gasteiger partial charge on any atom is 0.514 e. The standard InChI is InChI=1S/C40H44N4O7/c1-7-15-48-40(46)51-37-24(4)38-39(50-21-49-38)34-27(37)18-29-35-33-23(3)36(47-6)22(2)16-26(33)17-28(43(35)5)30(19-41)44(29)31(34)20-42-32(45)14-13-25-11-9-8-10-12-25/h7-12,16,28-31,35H,1,13-15,17-18,20-21H2,2-6H3,(H,42,45)/t28-,29?,30-,31-,35-/m0/s1. The minimum atomic E-state index is -0.859. The Balaban J connectivity index is 1.37. The zero-order chi connectivity index (χ0) is 36.0. The van der Waals surface area contributed by atoms with Gasteiger partial charge in [-0.3, -0.25) is 14.6 Å². The second-order valence-electron chi connectivity index (χ2n) is 13.8. The molecule has 0 radical (unpaired) electrons. The molecule has 1 saturated heterocycles. The fraction of sp³-hybridized carbons (Fsp3) is 0.425. The summed E-state index contributed by atoms with van der Waals surface area (Å²) in [6, 6.07) is 13.3. The average Bonchev–Trinajstić information content (AvgIpc) is 3.62. The van der Waals surface area contributed by atoms with Crippen LogP contribution in [0.1, 0.15) is 63.0 Å². The van der Waals surface area contributed by atoms with Gasteiger partial charge in [0.05, 0.1) is 25.3 Å². The zero-order valence-electron chi connectivity index (χ0n) is 29.8. The van der Waals surface area contributed by atoms with Crippen LogP contribution in [-0.4, -0.2) is 74.1 Å². The van der Waals surface area contributed by atoms with Gasteiger partial charge in [-0.2, -0.15) is 5.26 Å². The average molecular weight is 693 g/mol. The first-order valence-corrected chi connectivity index (χ1v) is 17.4. The molecule has 1 unspecified atom stereocenters. The number of benzene rings is 3. The van der Waals surface area contributed by atoms with Crippen molar-refractivity contribution in [1.82, 2.24) is 15.1 Å². The normalized spacial score (nSPS) is 22.9. The molecule has 3 aromatic rings. The summed E-state index contributed by atoms with van der Waals surface area (Å²) in [6.45, 7) is 9.84. The lowest BCUT2D eigenvalue weighted by Gasteiger charge is -2.60. The van der Waals surface area contributed by atoms with Gasteiger partial charge in [-0.05, 0) is 74.9 Å². The van der Waals surface area contributed by atoms with Crippen molar-refractivity contribution in [3.63, 3.8) is 0 Å². The molecule has 1 fully saturated rings. The highest BCUT2D eigenvalue weighted by atomic mass is 16.7. The summed E-state index contributed by atoms with van der Waals surface area (Å²) < 4.78 is 29.3. The van der Waals surface area contributed by atoms with Crippen molar-refractivity contribution >= 4 is 12.1 Å². The Morgan fingerprint density at radius 1 is 1.06 bits per heavy atom. The predicted octanol–water partition coefficient (Wildman–Crippen LogP) is 5.57. The van der Waals surface area contributed by atoms with E-state index in [0.717, 1.165) is 33.6 Å². The molecule has 3 aromatic carbocycles. The molecule has 1 N–H and O–H groups in total. The first-order valence-electron chi connectivity index (χ1n) is 17.4. The highest BCUT2D eigenvalue weighted by Gasteiger charge is 2.56. The molecular formula is C40H44N4O7. The number of aryl methyl sites for hydroxylation is 2. The highest BCUT2D eigenvalue weighted by molar-refractivity contribution is 5.76. The van der Waals surface area contributed by atoms with Crippen LogP contribution >= 0.6 is 0 Å². The van der Waals surface area contributed by atoms with Gasteiger partial charge < -0.3 is 29.0 Å². The number of methoxy groups -OCH3 is 1. The van der Waals surface area contributed by atoms with E-state index in [4.69, 9.17) is 23.7 Å². The van der Waals surface area contributed by atoms with E-state index in [1.165, 1.54) is 17.2 Å². The van der Waals surface area contributed by atoms with Crippen LogP contribution in [0.3, 0.4) is 0 Å². The molecule has 5 atom stereocenters. The van der Waals surface area contributed by atoms with Crippen molar-refractivity contribution in [2.24, 2.45) is 0 Å². The van der Waals surface area contributed by atoms with Crippen LogP contribution in [-0.2, 0) is 28.8 Å². The molecule has 0 aromatic heterocycles. The molecule has 4 aliphatic heterocycles. The molecule has 0 aliphatic carbocycles. The smallest absolute Gasteiger partial charge is 0.496 e. The summed E-state index contributed by atoms with van der Waals surface area (Å²) in [6.07, 6.45) is 2.65. The number of hydrogen-bond donors (Lipinski definition) is 1. The van der Waals surface area contributed by atoms with E-state index in [2.05, 4.69) is 54.7 Å². The minimum Gasteiger partial charge on any atom is -0.496 e. The van der Waals surface area contributed by atoms with Crippen LogP contribution in [0, 0.1) is 32.1 Å². The van der Waals surface area contributed by atoms with Crippen molar-refractivity contribution in [2.45, 2.75) is 76.7 Å². The quantitative estimate of drug-likeness (QED) is 0.173. The van der Waals surface area contributed by atoms with E-state index >= 15 is 0 Å². The fourth-order valence-electron chi connectivity index (χ4n) is 8.94. The van der Waals surface area contributed by atoms with Gasteiger partial charge in [0, 0.05) is 41.7 Å². The number of amides is 1. The lowest BCUT2D eigenvalue weighted by atomic mass is 9.71. The molecule has 4 aliphatic rings. The maximum atomic E-state index is 13.5. The largest absolute Gasteiger partial charge is 0.514 e. The molecule has 1 amide bonds. The molecule has 7 rings (SSSR count). The molecule has 2 bridgehead atoms. The van der Waals surface area contributed by atoms with Gasteiger partial charge in [-0.15, -0.1) is 0 Å². The van der Waals surface area contributed by atoms with Crippen LogP contribution in [0.25, 0.3) is 0 Å². The van der Waals surface area contributed by atoms with Crippen molar-refractivity contribution in [1.29, 1.82) is 5.26 Å². The van der Waals surface area contributed by atoms with Gasteiger partial charge in [0.1, 0.15) is 24.1 Å². The van der Waals surface area contributed by atoms with Crippen molar-refractivity contribution in [3.8, 4) is 29.1 Å². The fourth-order valence-corrected chi connectivity index (χ4v) is 8.94. The third-order valence-electron chi connectivity index (χ3n) is 11.0. The van der Waals surface area contributed by atoms with Crippen molar-refractivity contribution in [3.05, 3.63) is 93.6 Å². The first-order chi connectivity index (χ1) is 24.7. The van der Waals surface area contributed by atoms with E-state index in [1.54, 1.807) is 7.11 Å². The van der Waals surface area contributed by atoms with Crippen molar-refractivity contribution in [2.75, 3.05) is 34.1 Å². The lowest BCUT2D eigenvalue weighted by molar-refractivity contribution is -0.122. The van der Waals surface area contributed by atoms with E-state index in [-0.39, 0.29) is 44.0 Å². The number of nitriles is 1. The van der Waals surface area contributed by atoms with E-state index < -0.39 is 18.2 Å². The summed E-state index contributed by atoms with van der Waals surface area (Å²) in [5, 5.41) is 14.2. The van der Waals surface area contributed by atoms with Crippen LogP contribution in [0.5, 0.6) is 23.0 Å². The number of ether oxygens (including phenoxy) is 5. The minimum absolute atomic E-state index is 0.00587. The van der Waals surface area contributed by atoms with Gasteiger partial charge >= 0.3 is 6.16 Å². The molecule has 11 heteroatoms. The van der Waals surface area contributed by atoms with Gasteiger partial charge in [-0.1, -0.05) is 49.1 Å². The number of likely N-dealkylation sites (N-methyl/N-ethyl adjacent to an activating group) is 1. The molecule has 51 heavy (non-hydrogen) atoms. The number of rotatable bonds is 9. The Kier molecular flexibility index (Phi) is 9.40. The SMILES string of the molecule is C=CCOC(=O)Oc1c(C)c2c(c3c1CC1[C@H]4c5c(cc(C)c(OC)c5C)C[C@@H]([C@H](C#N)N1[C@H]3CNC(=O)CCc1ccccc1)N4C)OCO2. The van der Waals surface area contributed by atoms with Gasteiger partial charge in [0.15, 0.2) is 11.5 Å². The van der Waals surface area contributed by atoms with Crippen molar-refractivity contribution < 1.29 is 33.3 Å². The van der Waals surface area contributed by atoms with Crippen LogP contribution in [0.15, 0.2) is 49.1 Å². The van der Waals surface area contributed by atoms with Crippen LogP contribution < -0.4 is 24.3 Å². The Morgan fingerprint density at radius 3 is 2.55 bits per heavy atom. The number of fused-ring (bicyclic) bond motifs is 9. The molecule has 0 spiro atoms. The number of hydrogen-bond acceptors (Lipinski definition) is 10. The number of nitrogens with one attached hydrogen (secondary N) is 1. The maximum absolute atomic E-state index is 13.5. The van der Waals surface area contributed by atoms with E-state index in [9.17, 15) is 14.9 Å². The monoisotopic (exact) mass is 692 g/mol. The first kappa shape index (κ1) is 34.4. The Morgan fingerprint density at radius 2 is 1.82 bits per heavy atom. The molecular weight excluding hydrogens is 648 g/mol. The summed E-state index contributed by atoms with van der Waals surface area (Å²) >= 11 is 0. The number of nitrogens with zero attached hydrogens (tertiary/aromatic N) is 3. The van der Waals surface area contributed by atoms with Crippen LogP contribution in [0.4, 0.5) is 4.79 Å². The second-order valence-corrected chi connectivity index (χ2v) is 13.8. The number of piperazine rings is 1. The number of carbonyl (C=O) groups is 2.